The molecule has 2 aromatic heterocycles. The number of H-pyrrole nitrogens is 2. The molecule has 4 rings (SSSR count). The van der Waals surface area contributed by atoms with Crippen LogP contribution in [0.1, 0.15) is 44.4 Å². The molecule has 13 heteroatoms. The average molecular weight is 566 g/mol. The van der Waals surface area contributed by atoms with Crippen LogP contribution < -0.4 is 21.3 Å². The Morgan fingerprint density at radius 1 is 1.05 bits per heavy atom. The van der Waals surface area contributed by atoms with E-state index in [1.807, 2.05) is 38.1 Å². The maximum absolute atomic E-state index is 13.5. The van der Waals surface area contributed by atoms with Crippen LogP contribution in [0.15, 0.2) is 43.0 Å². The number of amides is 4. The molecule has 41 heavy (non-hydrogen) atoms. The Bertz CT molecular complexity index is 1400. The molecular formula is C28H35N7O6. The van der Waals surface area contributed by atoms with Gasteiger partial charge in [0.2, 0.25) is 23.6 Å². The number of hydrogen-bond donors (Lipinski definition) is 7. The maximum Gasteiger partial charge on any atom is 0.326 e. The van der Waals surface area contributed by atoms with Gasteiger partial charge in [-0.2, -0.15) is 0 Å². The van der Waals surface area contributed by atoms with Crippen molar-refractivity contribution in [1.82, 2.24) is 36.2 Å². The van der Waals surface area contributed by atoms with Gasteiger partial charge in [0, 0.05) is 48.3 Å². The van der Waals surface area contributed by atoms with Crippen LogP contribution in [0.3, 0.4) is 0 Å². The van der Waals surface area contributed by atoms with Crippen molar-refractivity contribution in [2.24, 2.45) is 5.92 Å². The number of fused-ring (bicyclic) bond motifs is 1. The van der Waals surface area contributed by atoms with Crippen molar-refractivity contribution in [3.63, 3.8) is 0 Å². The van der Waals surface area contributed by atoms with Gasteiger partial charge in [0.25, 0.3) is 0 Å². The Morgan fingerprint density at radius 2 is 1.83 bits per heavy atom. The molecule has 0 unspecified atom stereocenters. The van der Waals surface area contributed by atoms with Gasteiger partial charge in [-0.15, -0.1) is 0 Å². The zero-order valence-electron chi connectivity index (χ0n) is 22.9. The summed E-state index contributed by atoms with van der Waals surface area (Å²) in [6.07, 6.45) is 5.07. The second-order valence-corrected chi connectivity index (χ2v) is 10.7. The molecule has 1 aliphatic rings. The van der Waals surface area contributed by atoms with Crippen molar-refractivity contribution in [2.75, 3.05) is 0 Å². The zero-order valence-corrected chi connectivity index (χ0v) is 22.9. The summed E-state index contributed by atoms with van der Waals surface area (Å²) in [5.74, 6) is -3.28. The molecule has 1 aromatic carbocycles. The van der Waals surface area contributed by atoms with E-state index >= 15 is 0 Å². The highest BCUT2D eigenvalue weighted by Gasteiger charge is 2.34. The van der Waals surface area contributed by atoms with Crippen LogP contribution in [0.25, 0.3) is 10.9 Å². The summed E-state index contributed by atoms with van der Waals surface area (Å²) < 4.78 is 0. The number of imidazole rings is 1. The van der Waals surface area contributed by atoms with E-state index in [1.165, 1.54) is 12.5 Å². The van der Waals surface area contributed by atoms with E-state index in [4.69, 9.17) is 0 Å². The number of carbonyl (C=O) groups excluding carboxylic acids is 4. The van der Waals surface area contributed by atoms with Crippen LogP contribution in [0.5, 0.6) is 0 Å². The smallest absolute Gasteiger partial charge is 0.326 e. The number of aromatic nitrogens is 3. The summed E-state index contributed by atoms with van der Waals surface area (Å²) in [6.45, 7) is 3.85. The van der Waals surface area contributed by atoms with Crippen LogP contribution in [-0.2, 0) is 36.8 Å². The van der Waals surface area contributed by atoms with Crippen LogP contribution in [0.4, 0.5) is 0 Å². The topological polar surface area (TPSA) is 198 Å². The third-order valence-corrected chi connectivity index (χ3v) is 6.98. The molecule has 0 aliphatic carbocycles. The SMILES string of the molecule is CC(C)C[C@H]1NC(=O)CC[C@@H](C(=O)N[C@@H](Cc2c[nH]c3ccccc23)C(=O)N[C@@H](Cc2cnc[nH]2)C(=O)O)NC1=O. The lowest BCUT2D eigenvalue weighted by Crippen LogP contribution is -2.59. The number of carboxylic acids is 1. The first kappa shape index (κ1) is 29.3. The standard InChI is InChI=1S/C28H35N7O6/c1-15(2)9-21-26(38)33-20(7-8-24(36)32-21)25(37)34-22(10-16-12-30-19-6-4-3-5-18(16)19)27(39)35-23(28(40)41)11-17-13-29-14-31-17/h3-6,12-15,20-23,30H,7-11H2,1-2H3,(H,29,31)(H,32,36)(H,33,38)(H,34,37)(H,35,39)(H,40,41)/t20-,21+,22-,23-/m0/s1. The van der Waals surface area contributed by atoms with E-state index in [9.17, 15) is 29.1 Å². The molecule has 218 valence electrons. The highest BCUT2D eigenvalue weighted by atomic mass is 16.4. The third kappa shape index (κ3) is 7.71. The Morgan fingerprint density at radius 3 is 2.54 bits per heavy atom. The minimum absolute atomic E-state index is 0.0115. The second kappa shape index (κ2) is 13.1. The number of para-hydroxylation sites is 1. The third-order valence-electron chi connectivity index (χ3n) is 6.98. The molecule has 3 heterocycles. The fraction of sp³-hybridized carbons (Fsp3) is 0.429. The molecule has 4 amide bonds. The lowest BCUT2D eigenvalue weighted by atomic mass is 9.99. The maximum atomic E-state index is 13.5. The van der Waals surface area contributed by atoms with Gasteiger partial charge in [-0.3, -0.25) is 19.2 Å². The molecule has 1 fully saturated rings. The summed E-state index contributed by atoms with van der Waals surface area (Å²) in [5.41, 5.74) is 2.09. The van der Waals surface area contributed by atoms with Gasteiger partial charge in [0.05, 0.1) is 6.33 Å². The first-order chi connectivity index (χ1) is 19.6. The van der Waals surface area contributed by atoms with E-state index in [1.54, 1.807) is 6.20 Å². The Balaban J connectivity index is 1.55. The van der Waals surface area contributed by atoms with Gasteiger partial charge >= 0.3 is 5.97 Å². The minimum atomic E-state index is -1.29. The van der Waals surface area contributed by atoms with Crippen molar-refractivity contribution < 1.29 is 29.1 Å². The molecule has 13 nitrogen and oxygen atoms in total. The van der Waals surface area contributed by atoms with Crippen molar-refractivity contribution >= 4 is 40.5 Å². The lowest BCUT2D eigenvalue weighted by molar-refractivity contribution is -0.142. The number of carboxylic acid groups (broad SMARTS) is 1. The fourth-order valence-corrected chi connectivity index (χ4v) is 4.88. The summed E-state index contributed by atoms with van der Waals surface area (Å²) in [5, 5.41) is 21.3. The lowest BCUT2D eigenvalue weighted by Gasteiger charge is -2.28. The van der Waals surface area contributed by atoms with Crippen molar-refractivity contribution in [2.45, 2.75) is 70.1 Å². The van der Waals surface area contributed by atoms with Gasteiger partial charge < -0.3 is 36.3 Å². The van der Waals surface area contributed by atoms with Crippen LogP contribution >= 0.6 is 0 Å². The molecule has 0 bridgehead atoms. The minimum Gasteiger partial charge on any atom is -0.480 e. The van der Waals surface area contributed by atoms with Gasteiger partial charge in [-0.05, 0) is 30.4 Å². The zero-order chi connectivity index (χ0) is 29.5. The first-order valence-corrected chi connectivity index (χ1v) is 13.6. The van der Waals surface area contributed by atoms with E-state index in [0.29, 0.717) is 12.1 Å². The number of carbonyl (C=O) groups is 5. The van der Waals surface area contributed by atoms with E-state index in [-0.39, 0.29) is 37.5 Å². The van der Waals surface area contributed by atoms with Crippen LogP contribution in [0, 0.1) is 5.92 Å². The number of hydrogen-bond acceptors (Lipinski definition) is 6. The molecule has 7 N–H and O–H groups in total. The quantitative estimate of drug-likeness (QED) is 0.176. The average Bonchev–Trinajstić information content (AvgIpc) is 3.58. The highest BCUT2D eigenvalue weighted by Crippen LogP contribution is 2.20. The summed E-state index contributed by atoms with van der Waals surface area (Å²) in [6, 6.07) is 3.17. The van der Waals surface area contributed by atoms with Gasteiger partial charge in [0.1, 0.15) is 24.2 Å². The van der Waals surface area contributed by atoms with E-state index < -0.39 is 47.9 Å². The predicted octanol–water partition coefficient (Wildman–Crippen LogP) is 0.540. The molecule has 0 spiro atoms. The Kier molecular flexibility index (Phi) is 9.37. The summed E-state index contributed by atoms with van der Waals surface area (Å²) in [7, 11) is 0. The second-order valence-electron chi connectivity index (χ2n) is 10.7. The van der Waals surface area contributed by atoms with Crippen molar-refractivity contribution in [1.29, 1.82) is 0 Å². The van der Waals surface area contributed by atoms with Gasteiger partial charge in [0.15, 0.2) is 0 Å². The van der Waals surface area contributed by atoms with Gasteiger partial charge in [-0.25, -0.2) is 9.78 Å². The number of benzene rings is 1. The molecule has 0 radical (unpaired) electrons. The van der Waals surface area contributed by atoms with Crippen LogP contribution in [0.2, 0.25) is 0 Å². The molecule has 1 saturated heterocycles. The number of aliphatic carboxylic acids is 1. The molecule has 1 aliphatic heterocycles. The van der Waals surface area contributed by atoms with Crippen molar-refractivity contribution in [3.05, 3.63) is 54.2 Å². The van der Waals surface area contributed by atoms with E-state index in [2.05, 4.69) is 36.2 Å². The normalized spacial score (nSPS) is 19.0. The molecule has 3 aromatic rings. The summed E-state index contributed by atoms with van der Waals surface area (Å²) >= 11 is 0. The highest BCUT2D eigenvalue weighted by molar-refractivity contribution is 5.96. The monoisotopic (exact) mass is 565 g/mol. The van der Waals surface area contributed by atoms with Gasteiger partial charge in [-0.1, -0.05) is 32.0 Å². The number of rotatable bonds is 11. The Labute approximate surface area is 236 Å². The molecular weight excluding hydrogens is 530 g/mol. The summed E-state index contributed by atoms with van der Waals surface area (Å²) in [4.78, 5) is 74.0. The van der Waals surface area contributed by atoms with E-state index in [0.717, 1.165) is 16.5 Å². The first-order valence-electron chi connectivity index (χ1n) is 13.6. The number of nitrogens with one attached hydrogen (secondary N) is 6. The van der Waals surface area contributed by atoms with Crippen LogP contribution in [-0.4, -0.2) is 73.8 Å². The molecule has 0 saturated carbocycles. The Hall–Kier alpha value is -4.68. The largest absolute Gasteiger partial charge is 0.480 e. The van der Waals surface area contributed by atoms with Crippen molar-refractivity contribution in [3.8, 4) is 0 Å². The number of aromatic amines is 2. The number of nitrogens with zero attached hydrogens (tertiary/aromatic N) is 1. The fourth-order valence-electron chi connectivity index (χ4n) is 4.88. The predicted molar refractivity (Wildman–Crippen MR) is 148 cm³/mol. The molecule has 4 atom stereocenters.